The summed E-state index contributed by atoms with van der Waals surface area (Å²) in [6.07, 6.45) is 6.40. The zero-order valence-corrected chi connectivity index (χ0v) is 24.6. The van der Waals surface area contributed by atoms with Crippen LogP contribution in [0.15, 0.2) is 41.3 Å². The fourth-order valence-corrected chi connectivity index (χ4v) is 5.39. The highest BCUT2D eigenvalue weighted by molar-refractivity contribution is 6.02. The van der Waals surface area contributed by atoms with Gasteiger partial charge in [-0.05, 0) is 43.5 Å². The molecule has 2 aromatic heterocycles. The lowest BCUT2D eigenvalue weighted by Gasteiger charge is -2.34. The fraction of sp³-hybridized carbons (Fsp3) is 0.484. The molecule has 1 aliphatic carbocycles. The van der Waals surface area contributed by atoms with E-state index in [0.29, 0.717) is 48.5 Å². The second-order valence-corrected chi connectivity index (χ2v) is 10.4. The maximum absolute atomic E-state index is 13.7. The predicted octanol–water partition coefficient (Wildman–Crippen LogP) is 4.42. The van der Waals surface area contributed by atoms with Gasteiger partial charge in [-0.3, -0.25) is 23.9 Å². The molecular weight excluding hydrogens is 543 g/mol. The van der Waals surface area contributed by atoms with Crippen molar-refractivity contribution in [2.75, 3.05) is 32.8 Å². The van der Waals surface area contributed by atoms with Crippen LogP contribution in [0.5, 0.6) is 5.75 Å². The van der Waals surface area contributed by atoms with Gasteiger partial charge in [-0.2, -0.15) is 0 Å². The quantitative estimate of drug-likeness (QED) is 0.363. The van der Waals surface area contributed by atoms with E-state index in [2.05, 4.69) is 15.2 Å². The summed E-state index contributed by atoms with van der Waals surface area (Å²) in [5, 5.41) is 21.5. The summed E-state index contributed by atoms with van der Waals surface area (Å²) in [6, 6.07) is 7.66. The molecule has 1 saturated carbocycles. The number of pyridine rings is 2. The molecule has 11 heteroatoms. The van der Waals surface area contributed by atoms with Gasteiger partial charge < -0.3 is 20.3 Å². The van der Waals surface area contributed by atoms with E-state index in [-0.39, 0.29) is 23.6 Å². The van der Waals surface area contributed by atoms with Gasteiger partial charge in [-0.25, -0.2) is 9.37 Å². The van der Waals surface area contributed by atoms with Crippen molar-refractivity contribution in [2.45, 2.75) is 65.0 Å². The Hall–Kier alpha value is -3.83. The Labute approximate surface area is 245 Å². The van der Waals surface area contributed by atoms with Crippen LogP contribution in [0.4, 0.5) is 4.39 Å². The molecule has 1 saturated heterocycles. The van der Waals surface area contributed by atoms with E-state index in [1.807, 2.05) is 20.8 Å². The molecule has 0 spiro atoms. The first kappa shape index (κ1) is 32.7. The summed E-state index contributed by atoms with van der Waals surface area (Å²) in [7, 11) is 0. The van der Waals surface area contributed by atoms with Gasteiger partial charge >= 0.3 is 0 Å². The number of fused-ring (bicyclic) bond motifs is 1. The third-order valence-electron chi connectivity index (χ3n) is 7.59. The first-order chi connectivity index (χ1) is 20.3. The highest BCUT2D eigenvalue weighted by Gasteiger charge is 2.32. The Morgan fingerprint density at radius 3 is 2.33 bits per heavy atom. The number of nitrogens with zero attached hydrogens (tertiary/aromatic N) is 3. The van der Waals surface area contributed by atoms with Crippen LogP contribution in [0.2, 0.25) is 0 Å². The van der Waals surface area contributed by atoms with Crippen LogP contribution in [0.1, 0.15) is 63.2 Å². The third-order valence-corrected chi connectivity index (χ3v) is 7.59. The minimum Gasteiger partial charge on any atom is -0.506 e. The van der Waals surface area contributed by atoms with E-state index in [1.54, 1.807) is 24.4 Å². The molecule has 228 valence electrons. The number of rotatable bonds is 6. The smallest absolute Gasteiger partial charge is 0.290 e. The van der Waals surface area contributed by atoms with E-state index in [1.165, 1.54) is 16.7 Å². The predicted molar refractivity (Wildman–Crippen MR) is 159 cm³/mol. The molecule has 0 radical (unpaired) electrons. The Balaban J connectivity index is 0.000000910. The molecule has 10 nitrogen and oxygen atoms in total. The summed E-state index contributed by atoms with van der Waals surface area (Å²) in [5.74, 6) is -1.30. The molecule has 1 aromatic carbocycles. The third kappa shape index (κ3) is 7.92. The summed E-state index contributed by atoms with van der Waals surface area (Å²) in [5.41, 5.74) is 0.420. The van der Waals surface area contributed by atoms with E-state index >= 15 is 0 Å². The molecule has 2 aliphatic rings. The zero-order valence-electron chi connectivity index (χ0n) is 24.6. The molecule has 0 atom stereocenters. The molecule has 5 rings (SSSR count). The lowest BCUT2D eigenvalue weighted by Crippen LogP contribution is -2.49. The molecule has 2 fully saturated rings. The number of carbonyl (C=O) groups is 2. The number of ether oxygens (including phenoxy) is 1. The standard InChI is InChI=1S/C28H33FN4O4.C2H6.CH2O2/c1-28(9-3-2-4-10-28)31-26(35)23-24(34)22-17-20(19-5-7-21(29)8-6-19)18-30-25(22)33(27(23)36)12-11-32-13-15-37-16-14-32;1-2;2-1-3/h5-8,17-18,34H,2-4,9-16H2,1H3,(H,31,35);1-2H3;1H,(H,2,3). The number of amides is 1. The van der Waals surface area contributed by atoms with Crippen molar-refractivity contribution in [1.82, 2.24) is 19.8 Å². The van der Waals surface area contributed by atoms with Crippen molar-refractivity contribution >= 4 is 23.4 Å². The number of halogens is 1. The van der Waals surface area contributed by atoms with E-state index in [0.717, 1.165) is 45.2 Å². The maximum atomic E-state index is 13.7. The average Bonchev–Trinajstić information content (AvgIpc) is 2.99. The second kappa shape index (κ2) is 15.4. The normalized spacial score (nSPS) is 16.4. The van der Waals surface area contributed by atoms with Crippen LogP contribution >= 0.6 is 0 Å². The molecule has 3 aromatic rings. The van der Waals surface area contributed by atoms with Crippen molar-refractivity contribution in [3.05, 3.63) is 58.3 Å². The van der Waals surface area contributed by atoms with Gasteiger partial charge in [0.25, 0.3) is 17.9 Å². The number of morpholine rings is 1. The van der Waals surface area contributed by atoms with Crippen LogP contribution in [0.3, 0.4) is 0 Å². The molecular formula is C31H41FN4O6. The zero-order chi connectivity index (χ0) is 30.7. The first-order valence-corrected chi connectivity index (χ1v) is 14.5. The Bertz CT molecular complexity index is 1400. The molecule has 1 amide bonds. The first-order valence-electron chi connectivity index (χ1n) is 14.5. The van der Waals surface area contributed by atoms with Crippen molar-refractivity contribution in [3.8, 4) is 16.9 Å². The van der Waals surface area contributed by atoms with Gasteiger partial charge in [-0.1, -0.05) is 45.2 Å². The molecule has 3 heterocycles. The van der Waals surface area contributed by atoms with Crippen LogP contribution < -0.4 is 10.9 Å². The Kier molecular flexibility index (Phi) is 12.0. The Morgan fingerprint density at radius 1 is 1.10 bits per heavy atom. The van der Waals surface area contributed by atoms with Crippen LogP contribution in [-0.4, -0.2) is 75.4 Å². The van der Waals surface area contributed by atoms with Crippen molar-refractivity contribution in [3.63, 3.8) is 0 Å². The number of carboxylic acid groups (broad SMARTS) is 1. The molecule has 1 aliphatic heterocycles. The summed E-state index contributed by atoms with van der Waals surface area (Å²) in [4.78, 5) is 42.2. The molecule has 0 bridgehead atoms. The minimum atomic E-state index is -0.568. The number of benzene rings is 1. The molecule has 42 heavy (non-hydrogen) atoms. The average molecular weight is 585 g/mol. The van der Waals surface area contributed by atoms with Crippen molar-refractivity contribution in [1.29, 1.82) is 0 Å². The number of aromatic hydroxyl groups is 1. The number of nitrogens with one attached hydrogen (secondary N) is 1. The summed E-state index contributed by atoms with van der Waals surface area (Å²) >= 11 is 0. The molecule has 3 N–H and O–H groups in total. The highest BCUT2D eigenvalue weighted by atomic mass is 19.1. The van der Waals surface area contributed by atoms with Crippen LogP contribution in [-0.2, 0) is 16.1 Å². The lowest BCUT2D eigenvalue weighted by molar-refractivity contribution is -0.122. The van der Waals surface area contributed by atoms with Crippen LogP contribution in [0.25, 0.3) is 22.2 Å². The van der Waals surface area contributed by atoms with Crippen molar-refractivity contribution in [2.24, 2.45) is 0 Å². The Morgan fingerprint density at radius 2 is 1.71 bits per heavy atom. The van der Waals surface area contributed by atoms with Crippen molar-refractivity contribution < 1.29 is 28.9 Å². The van der Waals surface area contributed by atoms with Gasteiger partial charge in [0.15, 0.2) is 0 Å². The minimum absolute atomic E-state index is 0.250. The maximum Gasteiger partial charge on any atom is 0.290 e. The number of carbonyl (C=O) groups excluding carboxylic acids is 1. The number of hydrogen-bond donors (Lipinski definition) is 3. The SMILES string of the molecule is CC.CC1(NC(=O)c2c(O)c3cc(-c4ccc(F)cc4)cnc3n(CCN3CCOCC3)c2=O)CCCCC1.O=CO. The van der Waals surface area contributed by atoms with Gasteiger partial charge in [0.05, 0.1) is 18.6 Å². The number of aromatic nitrogens is 2. The van der Waals surface area contributed by atoms with E-state index in [9.17, 15) is 19.1 Å². The molecule has 0 unspecified atom stereocenters. The number of hydrogen-bond acceptors (Lipinski definition) is 7. The largest absolute Gasteiger partial charge is 0.506 e. The lowest BCUT2D eigenvalue weighted by atomic mass is 9.83. The summed E-state index contributed by atoms with van der Waals surface area (Å²) in [6.45, 7) is 9.44. The second-order valence-electron chi connectivity index (χ2n) is 10.4. The monoisotopic (exact) mass is 584 g/mol. The van der Waals surface area contributed by atoms with E-state index < -0.39 is 17.0 Å². The fourth-order valence-electron chi connectivity index (χ4n) is 5.39. The van der Waals surface area contributed by atoms with E-state index in [4.69, 9.17) is 14.6 Å². The highest BCUT2D eigenvalue weighted by Crippen LogP contribution is 2.32. The summed E-state index contributed by atoms with van der Waals surface area (Å²) < 4.78 is 20.4. The van der Waals surface area contributed by atoms with Gasteiger partial charge in [0, 0.05) is 43.5 Å². The topological polar surface area (TPSA) is 134 Å². The van der Waals surface area contributed by atoms with Gasteiger partial charge in [-0.15, -0.1) is 0 Å². The van der Waals surface area contributed by atoms with Crippen LogP contribution in [0, 0.1) is 5.82 Å². The van der Waals surface area contributed by atoms with Gasteiger partial charge in [0.2, 0.25) is 0 Å². The van der Waals surface area contributed by atoms with Gasteiger partial charge in [0.1, 0.15) is 22.8 Å².